The highest BCUT2D eigenvalue weighted by molar-refractivity contribution is 7.59. The zero-order valence-corrected chi connectivity index (χ0v) is 15.7. The number of aromatic nitrogens is 2. The van der Waals surface area contributed by atoms with Crippen LogP contribution in [0, 0.1) is 10.1 Å². The molecule has 0 saturated carbocycles. The predicted molar refractivity (Wildman–Crippen MR) is 96.0 cm³/mol. The topological polar surface area (TPSA) is 90.5 Å². The number of hydrogen-bond acceptors (Lipinski definition) is 5. The largest absolute Gasteiger partial charge is 0.444 e. The maximum Gasteiger partial charge on any atom is 0.410 e. The lowest BCUT2D eigenvalue weighted by atomic mass is 10.0. The maximum absolute atomic E-state index is 14.3. The maximum atomic E-state index is 14.3. The molecule has 24 heavy (non-hydrogen) atoms. The molecule has 1 fully saturated rings. The summed E-state index contributed by atoms with van der Waals surface area (Å²) < 4.78 is 20.8. The number of nitrogens with zero attached hydrogens (tertiary/aromatic N) is 4. The Morgan fingerprint density at radius 1 is 1.46 bits per heavy atom. The van der Waals surface area contributed by atoms with E-state index in [1.54, 1.807) is 20.8 Å². The average Bonchev–Trinajstić information content (AvgIpc) is 2.86. The number of nitro groups is 1. The van der Waals surface area contributed by atoms with Crippen LogP contribution < -0.4 is 0 Å². The van der Waals surface area contributed by atoms with Crippen LogP contribution >= 0.6 is 27.0 Å². The summed E-state index contributed by atoms with van der Waals surface area (Å²) in [6, 6.07) is -0.618. The Balaban J connectivity index is 0.00000264. The van der Waals surface area contributed by atoms with Gasteiger partial charge < -0.3 is 9.64 Å². The van der Waals surface area contributed by atoms with Crippen LogP contribution in [0.1, 0.15) is 33.2 Å². The first kappa shape index (κ1) is 22.5. The molecule has 2 heterocycles. The third kappa shape index (κ3) is 5.55. The molecule has 0 aliphatic carbocycles. The van der Waals surface area contributed by atoms with Crippen LogP contribution in [0.4, 0.5) is 14.9 Å². The minimum Gasteiger partial charge on any atom is -0.444 e. The van der Waals surface area contributed by atoms with Gasteiger partial charge >= 0.3 is 11.8 Å². The summed E-state index contributed by atoms with van der Waals surface area (Å²) in [7, 11) is 0. The molecular formula is C13H23FN4O4S2. The molecule has 2 atom stereocenters. The number of piperidine rings is 1. The van der Waals surface area contributed by atoms with Crippen LogP contribution in [0.25, 0.3) is 0 Å². The van der Waals surface area contributed by atoms with E-state index in [1.165, 1.54) is 15.8 Å². The fourth-order valence-corrected chi connectivity index (χ4v) is 2.29. The summed E-state index contributed by atoms with van der Waals surface area (Å²) >= 11 is 0. The summed E-state index contributed by atoms with van der Waals surface area (Å²) in [5.74, 6) is 0. The summed E-state index contributed by atoms with van der Waals surface area (Å²) in [6.07, 6.45) is 0.702. The second-order valence-corrected chi connectivity index (χ2v) is 6.23. The zero-order valence-electron chi connectivity index (χ0n) is 13.7. The van der Waals surface area contributed by atoms with Crippen molar-refractivity contribution >= 4 is 38.8 Å². The lowest BCUT2D eigenvalue weighted by Gasteiger charge is -2.35. The summed E-state index contributed by atoms with van der Waals surface area (Å²) in [5.41, 5.74) is -0.815. The quantitative estimate of drug-likeness (QED) is 0.579. The SMILES string of the molecule is CC(C)(C)OC(=O)N1CC[C@H](n2cc([N+](=O)[O-])cn2)[C@@H](F)C1.S.S. The number of hydrogen-bond donors (Lipinski definition) is 0. The molecule has 0 radical (unpaired) electrons. The molecule has 2 rings (SSSR count). The van der Waals surface area contributed by atoms with Gasteiger partial charge in [0, 0.05) is 6.54 Å². The van der Waals surface area contributed by atoms with Gasteiger partial charge in [0.15, 0.2) is 0 Å². The molecule has 1 aromatic rings. The molecule has 1 aliphatic heterocycles. The van der Waals surface area contributed by atoms with Crippen LogP contribution in [0.5, 0.6) is 0 Å². The number of rotatable bonds is 2. The van der Waals surface area contributed by atoms with Crippen molar-refractivity contribution in [3.05, 3.63) is 22.5 Å². The van der Waals surface area contributed by atoms with E-state index in [2.05, 4.69) is 5.10 Å². The number of likely N-dealkylation sites (tertiary alicyclic amines) is 1. The molecular weight excluding hydrogens is 359 g/mol. The Hall–Kier alpha value is -1.49. The normalized spacial score (nSPS) is 20.6. The third-order valence-electron chi connectivity index (χ3n) is 3.30. The monoisotopic (exact) mass is 382 g/mol. The van der Waals surface area contributed by atoms with Crippen molar-refractivity contribution in [3.8, 4) is 0 Å². The lowest BCUT2D eigenvalue weighted by Crippen LogP contribution is -2.47. The summed E-state index contributed by atoms with van der Waals surface area (Å²) in [4.78, 5) is 23.3. The van der Waals surface area contributed by atoms with Crippen LogP contribution in [0.3, 0.4) is 0 Å². The van der Waals surface area contributed by atoms with Gasteiger partial charge in [-0.1, -0.05) is 0 Å². The first-order valence-electron chi connectivity index (χ1n) is 6.98. The number of ether oxygens (including phenoxy) is 1. The van der Waals surface area contributed by atoms with E-state index >= 15 is 0 Å². The number of carbonyl (C=O) groups is 1. The standard InChI is InChI=1S/C13H19FN4O4.2H2S/c1-13(2,3)22-12(19)16-5-4-11(10(14)8-16)17-7-9(6-15-17)18(20)21;;/h6-7,10-11H,4-5,8H2,1-3H3;2*1H2/t10-,11-;;/m0../s1. The number of carbonyl (C=O) groups excluding carboxylic acids is 1. The molecule has 8 nitrogen and oxygen atoms in total. The second-order valence-electron chi connectivity index (χ2n) is 6.23. The van der Waals surface area contributed by atoms with Crippen LogP contribution in [0.15, 0.2) is 12.4 Å². The van der Waals surface area contributed by atoms with Gasteiger partial charge in [0.25, 0.3) is 0 Å². The average molecular weight is 382 g/mol. The molecule has 138 valence electrons. The first-order valence-corrected chi connectivity index (χ1v) is 6.98. The van der Waals surface area contributed by atoms with E-state index in [1.807, 2.05) is 0 Å². The van der Waals surface area contributed by atoms with E-state index in [0.29, 0.717) is 13.0 Å². The second kappa shape index (κ2) is 8.56. The Morgan fingerprint density at radius 3 is 2.54 bits per heavy atom. The minimum absolute atomic E-state index is 0. The molecule has 0 aromatic carbocycles. The minimum atomic E-state index is -1.36. The van der Waals surface area contributed by atoms with Crippen molar-refractivity contribution in [2.45, 2.75) is 45.0 Å². The first-order chi connectivity index (χ1) is 10.2. The smallest absolute Gasteiger partial charge is 0.410 e. The predicted octanol–water partition coefficient (Wildman–Crippen LogP) is 2.54. The molecule has 0 unspecified atom stereocenters. The van der Waals surface area contributed by atoms with E-state index in [4.69, 9.17) is 4.74 Å². The van der Waals surface area contributed by atoms with Crippen molar-refractivity contribution in [1.82, 2.24) is 14.7 Å². The Bertz CT molecular complexity index is 579. The molecule has 1 saturated heterocycles. The number of amides is 1. The van der Waals surface area contributed by atoms with Gasteiger partial charge in [-0.25, -0.2) is 9.18 Å². The van der Waals surface area contributed by atoms with Crippen LogP contribution in [-0.4, -0.2) is 50.6 Å². The van der Waals surface area contributed by atoms with Crippen molar-refractivity contribution in [3.63, 3.8) is 0 Å². The molecule has 1 aromatic heterocycles. The lowest BCUT2D eigenvalue weighted by molar-refractivity contribution is -0.385. The molecule has 0 bridgehead atoms. The number of alkyl halides is 1. The van der Waals surface area contributed by atoms with Gasteiger partial charge in [-0.05, 0) is 27.2 Å². The zero-order chi connectivity index (χ0) is 16.5. The van der Waals surface area contributed by atoms with Gasteiger partial charge in [-0.3, -0.25) is 14.8 Å². The van der Waals surface area contributed by atoms with E-state index in [0.717, 1.165) is 6.20 Å². The van der Waals surface area contributed by atoms with Gasteiger partial charge in [0.2, 0.25) is 0 Å². The molecule has 11 heteroatoms. The van der Waals surface area contributed by atoms with E-state index in [-0.39, 0.29) is 39.2 Å². The van der Waals surface area contributed by atoms with Gasteiger partial charge in [0.05, 0.1) is 17.5 Å². The van der Waals surface area contributed by atoms with Gasteiger partial charge in [-0.2, -0.15) is 32.1 Å². The van der Waals surface area contributed by atoms with Crippen molar-refractivity contribution in [2.24, 2.45) is 0 Å². The highest BCUT2D eigenvalue weighted by Gasteiger charge is 2.35. The fraction of sp³-hybridized carbons (Fsp3) is 0.692. The number of halogens is 1. The van der Waals surface area contributed by atoms with Crippen molar-refractivity contribution < 1.29 is 18.8 Å². The Kier molecular flexibility index (Phi) is 8.03. The summed E-state index contributed by atoms with van der Waals surface area (Å²) in [6.45, 7) is 5.43. The Morgan fingerprint density at radius 2 is 2.08 bits per heavy atom. The molecule has 0 N–H and O–H groups in total. The molecule has 1 amide bonds. The van der Waals surface area contributed by atoms with Crippen LogP contribution in [-0.2, 0) is 4.74 Å². The van der Waals surface area contributed by atoms with Crippen LogP contribution in [0.2, 0.25) is 0 Å². The van der Waals surface area contributed by atoms with Crippen molar-refractivity contribution in [1.29, 1.82) is 0 Å². The van der Waals surface area contributed by atoms with Crippen molar-refractivity contribution in [2.75, 3.05) is 13.1 Å². The highest BCUT2D eigenvalue weighted by Crippen LogP contribution is 2.27. The van der Waals surface area contributed by atoms with Gasteiger partial charge in [-0.15, -0.1) is 0 Å². The summed E-state index contributed by atoms with van der Waals surface area (Å²) in [5, 5.41) is 14.5. The fourth-order valence-electron chi connectivity index (χ4n) is 2.29. The Labute approximate surface area is 153 Å². The third-order valence-corrected chi connectivity index (χ3v) is 3.30. The molecule has 1 aliphatic rings. The van der Waals surface area contributed by atoms with E-state index < -0.39 is 28.8 Å². The highest BCUT2D eigenvalue weighted by atomic mass is 32.1. The molecule has 0 spiro atoms. The van der Waals surface area contributed by atoms with E-state index in [9.17, 15) is 19.3 Å². The van der Waals surface area contributed by atoms with Gasteiger partial charge in [0.1, 0.15) is 24.2 Å².